The van der Waals surface area contributed by atoms with Crippen molar-refractivity contribution in [1.29, 1.82) is 5.26 Å². The Morgan fingerprint density at radius 1 is 1.33 bits per heavy atom. The summed E-state index contributed by atoms with van der Waals surface area (Å²) in [5.74, 6) is 1.50. The van der Waals surface area contributed by atoms with E-state index < -0.39 is 0 Å². The Balaban J connectivity index is 2.40. The Hall–Kier alpha value is -1.69. The maximum Gasteiger partial charge on any atom is 0.181 e. The van der Waals surface area contributed by atoms with Gasteiger partial charge in [0, 0.05) is 5.69 Å². The van der Waals surface area contributed by atoms with Crippen molar-refractivity contribution in [2.24, 2.45) is 5.92 Å². The molecule has 1 aromatic rings. The number of hydrogen-bond acceptors (Lipinski definition) is 3. The van der Waals surface area contributed by atoms with E-state index in [0.717, 1.165) is 24.5 Å². The molecule has 0 bridgehead atoms. The van der Waals surface area contributed by atoms with Crippen molar-refractivity contribution in [3.63, 3.8) is 0 Å². The second-order valence-corrected chi connectivity index (χ2v) is 3.79. The molecule has 1 aromatic carbocycles. The van der Waals surface area contributed by atoms with Crippen LogP contribution in [-0.2, 0) is 0 Å². The maximum absolute atomic E-state index is 8.40. The highest BCUT2D eigenvalue weighted by molar-refractivity contribution is 5.48. The molecule has 3 heteroatoms. The Labute approximate surface area is 90.7 Å². The monoisotopic (exact) mass is 204 g/mol. The number of hydrogen-bond donors (Lipinski definition) is 1. The van der Waals surface area contributed by atoms with E-state index in [-0.39, 0.29) is 0 Å². The summed E-state index contributed by atoms with van der Waals surface area (Å²) >= 11 is 0. The lowest BCUT2D eigenvalue weighted by atomic mass is 10.1. The highest BCUT2D eigenvalue weighted by Gasteiger charge is 1.96. The van der Waals surface area contributed by atoms with Gasteiger partial charge in [-0.2, -0.15) is 5.26 Å². The minimum atomic E-state index is 0.657. The third-order valence-corrected chi connectivity index (χ3v) is 2.02. The van der Waals surface area contributed by atoms with Gasteiger partial charge in [0.25, 0.3) is 0 Å². The molecule has 1 rings (SSSR count). The first kappa shape index (κ1) is 11.4. The fourth-order valence-electron chi connectivity index (χ4n) is 1.11. The lowest BCUT2D eigenvalue weighted by Crippen LogP contribution is -2.01. The van der Waals surface area contributed by atoms with Gasteiger partial charge in [-0.1, -0.05) is 13.8 Å². The van der Waals surface area contributed by atoms with Crippen molar-refractivity contribution in [1.82, 2.24) is 0 Å². The zero-order valence-electron chi connectivity index (χ0n) is 9.16. The summed E-state index contributed by atoms with van der Waals surface area (Å²) in [6.45, 7) is 5.08. The molecule has 0 aromatic heterocycles. The molecule has 0 unspecified atom stereocenters. The third kappa shape index (κ3) is 4.37. The van der Waals surface area contributed by atoms with Gasteiger partial charge in [0.05, 0.1) is 6.61 Å². The summed E-state index contributed by atoms with van der Waals surface area (Å²) in [6.07, 6.45) is 2.92. The number of nitrogens with zero attached hydrogens (tertiary/aromatic N) is 1. The van der Waals surface area contributed by atoms with E-state index in [2.05, 4.69) is 19.2 Å². The SMILES string of the molecule is CC(C)CCOc1ccc(NC#N)cc1. The summed E-state index contributed by atoms with van der Waals surface area (Å²) in [6, 6.07) is 7.38. The zero-order chi connectivity index (χ0) is 11.1. The van der Waals surface area contributed by atoms with E-state index in [1.165, 1.54) is 0 Å². The van der Waals surface area contributed by atoms with Crippen LogP contribution in [0.5, 0.6) is 5.75 Å². The molecule has 0 spiro atoms. The van der Waals surface area contributed by atoms with Gasteiger partial charge in [-0.15, -0.1) is 0 Å². The van der Waals surface area contributed by atoms with Crippen molar-refractivity contribution >= 4 is 5.69 Å². The molecule has 3 nitrogen and oxygen atoms in total. The summed E-state index contributed by atoms with van der Waals surface area (Å²) in [4.78, 5) is 0. The van der Waals surface area contributed by atoms with Gasteiger partial charge in [-0.25, -0.2) is 0 Å². The molecule has 0 heterocycles. The summed E-state index contributed by atoms with van der Waals surface area (Å²) in [7, 11) is 0. The average Bonchev–Trinajstić information content (AvgIpc) is 2.20. The normalized spacial score (nSPS) is 9.73. The molecule has 0 saturated carbocycles. The van der Waals surface area contributed by atoms with Gasteiger partial charge >= 0.3 is 0 Å². The van der Waals surface area contributed by atoms with E-state index in [0.29, 0.717) is 5.92 Å². The largest absolute Gasteiger partial charge is 0.494 e. The molecule has 0 aliphatic heterocycles. The molecule has 0 atom stereocenters. The van der Waals surface area contributed by atoms with Crippen molar-refractivity contribution < 1.29 is 4.74 Å². The number of nitriles is 1. The van der Waals surface area contributed by atoms with Crippen LogP contribution < -0.4 is 10.1 Å². The Kier molecular flexibility index (Phi) is 4.49. The summed E-state index contributed by atoms with van der Waals surface area (Å²) in [5, 5.41) is 11.0. The number of benzene rings is 1. The first-order valence-electron chi connectivity index (χ1n) is 5.10. The van der Waals surface area contributed by atoms with Crippen LogP contribution in [-0.4, -0.2) is 6.61 Å². The molecule has 15 heavy (non-hydrogen) atoms. The quantitative estimate of drug-likeness (QED) is 0.592. The molecule has 0 aliphatic carbocycles. The maximum atomic E-state index is 8.40. The van der Waals surface area contributed by atoms with E-state index in [4.69, 9.17) is 10.00 Å². The van der Waals surface area contributed by atoms with Crippen LogP contribution in [0.4, 0.5) is 5.69 Å². The van der Waals surface area contributed by atoms with Crippen LogP contribution >= 0.6 is 0 Å². The molecule has 0 radical (unpaired) electrons. The van der Waals surface area contributed by atoms with E-state index in [1.807, 2.05) is 30.5 Å². The average molecular weight is 204 g/mol. The third-order valence-electron chi connectivity index (χ3n) is 2.02. The minimum Gasteiger partial charge on any atom is -0.494 e. The topological polar surface area (TPSA) is 45.0 Å². The highest BCUT2D eigenvalue weighted by Crippen LogP contribution is 2.15. The van der Waals surface area contributed by atoms with Crippen molar-refractivity contribution in [2.45, 2.75) is 20.3 Å². The van der Waals surface area contributed by atoms with Crippen LogP contribution in [0.2, 0.25) is 0 Å². The first-order chi connectivity index (χ1) is 7.22. The summed E-state index contributed by atoms with van der Waals surface area (Å²) in [5.41, 5.74) is 0.786. The van der Waals surface area contributed by atoms with Gasteiger partial charge in [-0.3, -0.25) is 5.32 Å². The molecule has 80 valence electrons. The summed E-state index contributed by atoms with van der Waals surface area (Å²) < 4.78 is 5.54. The van der Waals surface area contributed by atoms with Crippen LogP contribution in [0, 0.1) is 17.4 Å². The van der Waals surface area contributed by atoms with Gasteiger partial charge in [0.1, 0.15) is 5.75 Å². The Morgan fingerprint density at radius 3 is 2.53 bits per heavy atom. The smallest absolute Gasteiger partial charge is 0.181 e. The number of anilines is 1. The lowest BCUT2D eigenvalue weighted by molar-refractivity contribution is 0.289. The molecule has 0 amide bonds. The van der Waals surface area contributed by atoms with E-state index in [1.54, 1.807) is 0 Å². The van der Waals surface area contributed by atoms with Crippen LogP contribution in [0.25, 0.3) is 0 Å². The first-order valence-corrected chi connectivity index (χ1v) is 5.10. The van der Waals surface area contributed by atoms with Gasteiger partial charge in [0.2, 0.25) is 0 Å². The number of nitrogens with one attached hydrogen (secondary N) is 1. The predicted octanol–water partition coefficient (Wildman–Crippen LogP) is 3.00. The fraction of sp³-hybridized carbons (Fsp3) is 0.417. The second kappa shape index (κ2) is 5.92. The van der Waals surface area contributed by atoms with Gasteiger partial charge in [-0.05, 0) is 36.6 Å². The van der Waals surface area contributed by atoms with Gasteiger partial charge < -0.3 is 4.74 Å². The molecule has 0 saturated heterocycles. The molecule has 0 fully saturated rings. The van der Waals surface area contributed by atoms with Gasteiger partial charge in [0.15, 0.2) is 6.19 Å². The van der Waals surface area contributed by atoms with Crippen molar-refractivity contribution in [3.8, 4) is 11.9 Å². The highest BCUT2D eigenvalue weighted by atomic mass is 16.5. The number of ether oxygens (including phenoxy) is 1. The van der Waals surface area contributed by atoms with Crippen LogP contribution in [0.1, 0.15) is 20.3 Å². The van der Waals surface area contributed by atoms with Crippen molar-refractivity contribution in [3.05, 3.63) is 24.3 Å². The second-order valence-electron chi connectivity index (χ2n) is 3.79. The molecular formula is C12H16N2O. The Bertz CT molecular complexity index is 324. The van der Waals surface area contributed by atoms with Crippen LogP contribution in [0.15, 0.2) is 24.3 Å². The lowest BCUT2D eigenvalue weighted by Gasteiger charge is -2.08. The predicted molar refractivity (Wildman–Crippen MR) is 60.6 cm³/mol. The standard InChI is InChI=1S/C12H16N2O/c1-10(2)7-8-15-12-5-3-11(4-6-12)14-9-13/h3-6,10,14H,7-8H2,1-2H3. The molecular weight excluding hydrogens is 188 g/mol. The fourth-order valence-corrected chi connectivity index (χ4v) is 1.11. The molecule has 0 aliphatic rings. The number of rotatable bonds is 5. The van der Waals surface area contributed by atoms with Crippen molar-refractivity contribution in [2.75, 3.05) is 11.9 Å². The van der Waals surface area contributed by atoms with Crippen LogP contribution in [0.3, 0.4) is 0 Å². The van der Waals surface area contributed by atoms with E-state index in [9.17, 15) is 0 Å². The van der Waals surface area contributed by atoms with E-state index >= 15 is 0 Å². The Morgan fingerprint density at radius 2 is 2.00 bits per heavy atom. The molecule has 1 N–H and O–H groups in total. The minimum absolute atomic E-state index is 0.657. The zero-order valence-corrected chi connectivity index (χ0v) is 9.16.